The molecular formula is C20H17F3N4O4. The van der Waals surface area contributed by atoms with Crippen molar-refractivity contribution in [3.8, 4) is 34.2 Å². The van der Waals surface area contributed by atoms with Crippen molar-refractivity contribution in [2.45, 2.75) is 6.18 Å². The molecule has 0 unspecified atom stereocenters. The molecule has 0 spiro atoms. The van der Waals surface area contributed by atoms with Gasteiger partial charge in [-0.3, -0.25) is 0 Å². The van der Waals surface area contributed by atoms with Crippen molar-refractivity contribution in [3.05, 3.63) is 54.2 Å². The van der Waals surface area contributed by atoms with Crippen molar-refractivity contribution in [1.82, 2.24) is 15.1 Å². The van der Waals surface area contributed by atoms with Crippen molar-refractivity contribution in [2.75, 3.05) is 19.9 Å². The molecule has 31 heavy (non-hydrogen) atoms. The second kappa shape index (κ2) is 8.09. The van der Waals surface area contributed by atoms with Gasteiger partial charge in [0.25, 0.3) is 0 Å². The lowest BCUT2D eigenvalue weighted by molar-refractivity contribution is -0.141. The van der Waals surface area contributed by atoms with Gasteiger partial charge in [-0.2, -0.15) is 18.3 Å². The Balaban J connectivity index is 1.63. The second-order valence-electron chi connectivity index (χ2n) is 6.53. The van der Waals surface area contributed by atoms with Crippen molar-refractivity contribution >= 4 is 6.03 Å². The Morgan fingerprint density at radius 1 is 1.13 bits per heavy atom. The third kappa shape index (κ3) is 4.49. The number of halogens is 3. The molecule has 0 aliphatic carbocycles. The third-order valence-electron chi connectivity index (χ3n) is 4.42. The standard InChI is InChI=1S/C20H17F3N4O4/c21-20(22,23)18-10-15(12-1-4-14(5-2-12)29-8-7-25-19(24)28)27(26-18)13-3-6-16-17(9-13)31-11-30-16/h1-6,9-10H,7-8,11H2,(H3,24,25,28). The van der Waals surface area contributed by atoms with Crippen LogP contribution in [0.25, 0.3) is 16.9 Å². The summed E-state index contributed by atoms with van der Waals surface area (Å²) in [6, 6.07) is 11.6. The fourth-order valence-electron chi connectivity index (χ4n) is 3.00. The van der Waals surface area contributed by atoms with Crippen LogP contribution in [0, 0.1) is 0 Å². The van der Waals surface area contributed by atoms with Gasteiger partial charge < -0.3 is 25.3 Å². The summed E-state index contributed by atoms with van der Waals surface area (Å²) in [4.78, 5) is 10.6. The van der Waals surface area contributed by atoms with Gasteiger partial charge in [-0.1, -0.05) is 0 Å². The van der Waals surface area contributed by atoms with Gasteiger partial charge in [0.1, 0.15) is 12.4 Å². The van der Waals surface area contributed by atoms with Crippen LogP contribution in [-0.4, -0.2) is 35.8 Å². The fourth-order valence-corrected chi connectivity index (χ4v) is 3.00. The first-order valence-electron chi connectivity index (χ1n) is 9.15. The van der Waals surface area contributed by atoms with Gasteiger partial charge in [-0.25, -0.2) is 9.48 Å². The van der Waals surface area contributed by atoms with E-state index in [9.17, 15) is 18.0 Å². The molecule has 8 nitrogen and oxygen atoms in total. The van der Waals surface area contributed by atoms with Crippen LogP contribution in [0.1, 0.15) is 5.69 Å². The number of fused-ring (bicyclic) bond motifs is 1. The summed E-state index contributed by atoms with van der Waals surface area (Å²) in [6.45, 7) is 0.466. The van der Waals surface area contributed by atoms with Crippen molar-refractivity contribution in [2.24, 2.45) is 5.73 Å². The van der Waals surface area contributed by atoms with Gasteiger partial charge in [-0.15, -0.1) is 0 Å². The molecule has 0 fully saturated rings. The quantitative estimate of drug-likeness (QED) is 0.580. The number of nitrogens with one attached hydrogen (secondary N) is 1. The molecule has 3 aromatic rings. The highest BCUT2D eigenvalue weighted by molar-refractivity contribution is 5.71. The molecule has 0 saturated heterocycles. The molecule has 11 heteroatoms. The number of rotatable bonds is 6. The minimum Gasteiger partial charge on any atom is -0.492 e. The van der Waals surface area contributed by atoms with Crippen molar-refractivity contribution in [1.29, 1.82) is 0 Å². The molecule has 4 rings (SSSR count). The van der Waals surface area contributed by atoms with E-state index in [2.05, 4.69) is 10.4 Å². The summed E-state index contributed by atoms with van der Waals surface area (Å²) < 4.78 is 57.3. The van der Waals surface area contributed by atoms with E-state index in [1.54, 1.807) is 42.5 Å². The zero-order valence-corrected chi connectivity index (χ0v) is 16.0. The minimum absolute atomic E-state index is 0.0506. The first kappa shape index (κ1) is 20.4. The van der Waals surface area contributed by atoms with Crippen LogP contribution in [0.2, 0.25) is 0 Å². The molecule has 3 N–H and O–H groups in total. The maximum Gasteiger partial charge on any atom is 0.435 e. The van der Waals surface area contributed by atoms with Crippen LogP contribution in [0.3, 0.4) is 0 Å². The van der Waals surface area contributed by atoms with Gasteiger partial charge in [0.05, 0.1) is 17.9 Å². The topological polar surface area (TPSA) is 101 Å². The zero-order chi connectivity index (χ0) is 22.0. The van der Waals surface area contributed by atoms with Crippen LogP contribution >= 0.6 is 0 Å². The SMILES string of the molecule is NC(=O)NCCOc1ccc(-c2cc(C(F)(F)F)nn2-c2ccc3c(c2)OCO3)cc1. The molecule has 2 aromatic carbocycles. The summed E-state index contributed by atoms with van der Waals surface area (Å²) in [7, 11) is 0. The number of carbonyl (C=O) groups is 1. The number of hydrogen-bond donors (Lipinski definition) is 2. The largest absolute Gasteiger partial charge is 0.492 e. The van der Waals surface area contributed by atoms with Crippen LogP contribution in [0.15, 0.2) is 48.5 Å². The number of amides is 2. The Kier molecular flexibility index (Phi) is 5.32. The molecule has 0 saturated carbocycles. The Morgan fingerprint density at radius 2 is 1.87 bits per heavy atom. The number of urea groups is 1. The maximum atomic E-state index is 13.3. The summed E-state index contributed by atoms with van der Waals surface area (Å²) >= 11 is 0. The van der Waals surface area contributed by atoms with E-state index in [1.165, 1.54) is 4.68 Å². The lowest BCUT2D eigenvalue weighted by atomic mass is 10.1. The monoisotopic (exact) mass is 434 g/mol. The molecule has 1 aliphatic heterocycles. The fraction of sp³-hybridized carbons (Fsp3) is 0.200. The van der Waals surface area contributed by atoms with Gasteiger partial charge in [0.15, 0.2) is 17.2 Å². The van der Waals surface area contributed by atoms with Crippen LogP contribution in [0.5, 0.6) is 17.2 Å². The van der Waals surface area contributed by atoms with Gasteiger partial charge in [0.2, 0.25) is 6.79 Å². The maximum absolute atomic E-state index is 13.3. The van der Waals surface area contributed by atoms with E-state index in [0.717, 1.165) is 6.07 Å². The predicted molar refractivity (Wildman–Crippen MR) is 103 cm³/mol. The van der Waals surface area contributed by atoms with E-state index < -0.39 is 17.9 Å². The van der Waals surface area contributed by atoms with Gasteiger partial charge in [-0.05, 0) is 42.5 Å². The van der Waals surface area contributed by atoms with Crippen LogP contribution in [-0.2, 0) is 6.18 Å². The van der Waals surface area contributed by atoms with E-state index in [0.29, 0.717) is 28.5 Å². The van der Waals surface area contributed by atoms with Gasteiger partial charge in [0, 0.05) is 11.6 Å². The Morgan fingerprint density at radius 3 is 2.58 bits per heavy atom. The molecule has 0 atom stereocenters. The highest BCUT2D eigenvalue weighted by atomic mass is 19.4. The Labute approximate surface area is 174 Å². The average molecular weight is 434 g/mol. The molecule has 2 amide bonds. The number of nitrogens with zero attached hydrogens (tertiary/aromatic N) is 2. The molecule has 162 valence electrons. The molecular weight excluding hydrogens is 417 g/mol. The first-order chi connectivity index (χ1) is 14.8. The smallest absolute Gasteiger partial charge is 0.435 e. The summed E-state index contributed by atoms with van der Waals surface area (Å²) in [5, 5.41) is 6.15. The number of ether oxygens (including phenoxy) is 3. The van der Waals surface area contributed by atoms with E-state index in [1.807, 2.05) is 0 Å². The summed E-state index contributed by atoms with van der Waals surface area (Å²) in [5.74, 6) is 1.43. The number of hydrogen-bond acceptors (Lipinski definition) is 5. The summed E-state index contributed by atoms with van der Waals surface area (Å²) in [6.07, 6.45) is -4.60. The molecule has 1 aromatic heterocycles. The lowest BCUT2D eigenvalue weighted by Crippen LogP contribution is -2.32. The number of aromatic nitrogens is 2. The van der Waals surface area contributed by atoms with Gasteiger partial charge >= 0.3 is 12.2 Å². The number of primary amides is 1. The molecule has 1 aliphatic rings. The van der Waals surface area contributed by atoms with Crippen molar-refractivity contribution in [3.63, 3.8) is 0 Å². The first-order valence-corrected chi connectivity index (χ1v) is 9.15. The lowest BCUT2D eigenvalue weighted by Gasteiger charge is -2.10. The van der Waals surface area contributed by atoms with Crippen LogP contribution in [0.4, 0.5) is 18.0 Å². The number of carbonyl (C=O) groups excluding carboxylic acids is 1. The highest BCUT2D eigenvalue weighted by Gasteiger charge is 2.35. The molecule has 2 heterocycles. The van der Waals surface area contributed by atoms with E-state index >= 15 is 0 Å². The van der Waals surface area contributed by atoms with Crippen molar-refractivity contribution < 1.29 is 32.2 Å². The zero-order valence-electron chi connectivity index (χ0n) is 16.0. The average Bonchev–Trinajstić information content (AvgIpc) is 3.38. The third-order valence-corrected chi connectivity index (χ3v) is 4.42. The number of benzene rings is 2. The Hall–Kier alpha value is -3.89. The van der Waals surface area contributed by atoms with E-state index in [-0.39, 0.29) is 25.6 Å². The van der Waals surface area contributed by atoms with Crippen LogP contribution < -0.4 is 25.3 Å². The summed E-state index contributed by atoms with van der Waals surface area (Å²) in [5.41, 5.74) is 5.10. The predicted octanol–water partition coefficient (Wildman–Crippen LogP) is 3.33. The highest BCUT2D eigenvalue weighted by Crippen LogP contribution is 2.37. The number of nitrogens with two attached hydrogens (primary N) is 1. The normalized spacial score (nSPS) is 12.6. The Bertz CT molecular complexity index is 1100. The second-order valence-corrected chi connectivity index (χ2v) is 6.53. The minimum atomic E-state index is -4.60. The molecule has 0 radical (unpaired) electrons. The van der Waals surface area contributed by atoms with E-state index in [4.69, 9.17) is 19.9 Å². The number of alkyl halides is 3. The molecule has 0 bridgehead atoms.